The summed E-state index contributed by atoms with van der Waals surface area (Å²) in [5.41, 5.74) is 2.53. The van der Waals surface area contributed by atoms with Crippen LogP contribution in [0, 0.1) is 0 Å². The Morgan fingerprint density at radius 1 is 1.14 bits per heavy atom. The van der Waals surface area contributed by atoms with E-state index in [4.69, 9.17) is 4.74 Å². The average molecular weight is 410 g/mol. The van der Waals surface area contributed by atoms with Gasteiger partial charge in [0.1, 0.15) is 17.2 Å². The Kier molecular flexibility index (Phi) is 4.99. The molecular formula is C20H18N4O4S. The first-order valence-corrected chi connectivity index (χ1v) is 10.6. The number of benzene rings is 2. The maximum absolute atomic E-state index is 11.9. The highest BCUT2D eigenvalue weighted by Gasteiger charge is 2.14. The number of nitrogens with zero attached hydrogens (tertiary/aromatic N) is 3. The number of H-pyrrole nitrogens is 1. The molecule has 0 fully saturated rings. The number of aliphatic hydroxyl groups excluding tert-OH is 1. The molecule has 0 unspecified atom stereocenters. The van der Waals surface area contributed by atoms with Crippen LogP contribution in [-0.4, -0.2) is 39.2 Å². The molecule has 8 nitrogen and oxygen atoms in total. The normalized spacial score (nSPS) is 11.7. The van der Waals surface area contributed by atoms with Crippen LogP contribution >= 0.6 is 0 Å². The molecule has 0 saturated heterocycles. The van der Waals surface area contributed by atoms with Crippen LogP contribution in [0.3, 0.4) is 0 Å². The molecule has 0 saturated carbocycles. The number of aromatic amines is 1. The molecule has 2 N–H and O–H groups in total. The number of fused-ring (bicyclic) bond motifs is 1. The number of imidazole rings is 1. The van der Waals surface area contributed by atoms with Gasteiger partial charge in [0, 0.05) is 24.0 Å². The third-order valence-corrected chi connectivity index (χ3v) is 6.18. The second-order valence-corrected chi connectivity index (χ2v) is 8.57. The van der Waals surface area contributed by atoms with E-state index in [1.54, 1.807) is 49.8 Å². The highest BCUT2D eigenvalue weighted by molar-refractivity contribution is 7.91. The van der Waals surface area contributed by atoms with E-state index in [1.165, 1.54) is 12.1 Å². The van der Waals surface area contributed by atoms with Crippen LogP contribution in [0.15, 0.2) is 59.9 Å². The summed E-state index contributed by atoms with van der Waals surface area (Å²) in [6.45, 7) is 1.36. The van der Waals surface area contributed by atoms with Gasteiger partial charge in [-0.15, -0.1) is 0 Å². The van der Waals surface area contributed by atoms with Crippen molar-refractivity contribution in [2.75, 3.05) is 5.75 Å². The summed E-state index contributed by atoms with van der Waals surface area (Å²) in [5.74, 6) is 1.50. The summed E-state index contributed by atoms with van der Waals surface area (Å²) in [4.78, 5) is 16.2. The summed E-state index contributed by atoms with van der Waals surface area (Å²) in [6.07, 6.45) is 4.77. The van der Waals surface area contributed by atoms with Crippen molar-refractivity contribution in [2.45, 2.75) is 18.4 Å². The molecule has 2 aromatic heterocycles. The number of hydrogen-bond acceptors (Lipinski definition) is 7. The highest BCUT2D eigenvalue weighted by Crippen LogP contribution is 2.31. The Hall–Kier alpha value is -3.30. The predicted molar refractivity (Wildman–Crippen MR) is 107 cm³/mol. The number of aliphatic hydroxyl groups is 1. The van der Waals surface area contributed by atoms with Crippen molar-refractivity contribution in [3.05, 3.63) is 60.6 Å². The zero-order valence-electron chi connectivity index (χ0n) is 15.5. The molecule has 4 rings (SSSR count). The number of hydrogen-bond donors (Lipinski definition) is 2. The van der Waals surface area contributed by atoms with Crippen LogP contribution in [0.1, 0.15) is 12.5 Å². The van der Waals surface area contributed by atoms with Gasteiger partial charge in [-0.25, -0.2) is 18.4 Å². The molecular weight excluding hydrogens is 392 g/mol. The van der Waals surface area contributed by atoms with Crippen molar-refractivity contribution in [1.82, 2.24) is 19.9 Å². The van der Waals surface area contributed by atoms with Crippen molar-refractivity contribution in [1.29, 1.82) is 0 Å². The molecule has 0 aliphatic heterocycles. The molecule has 0 atom stereocenters. The second-order valence-electron chi connectivity index (χ2n) is 6.29. The molecule has 9 heteroatoms. The van der Waals surface area contributed by atoms with Gasteiger partial charge in [-0.2, -0.15) is 0 Å². The Morgan fingerprint density at radius 3 is 2.59 bits per heavy atom. The van der Waals surface area contributed by atoms with Gasteiger partial charge in [0.05, 0.1) is 34.5 Å². The van der Waals surface area contributed by atoms with Gasteiger partial charge in [0.2, 0.25) is 0 Å². The molecule has 2 aromatic carbocycles. The number of rotatable bonds is 6. The van der Waals surface area contributed by atoms with E-state index >= 15 is 0 Å². The lowest BCUT2D eigenvalue weighted by Crippen LogP contribution is -2.03. The van der Waals surface area contributed by atoms with Crippen LogP contribution in [0.25, 0.3) is 22.6 Å². The smallest absolute Gasteiger partial charge is 0.178 e. The van der Waals surface area contributed by atoms with Crippen molar-refractivity contribution in [2.24, 2.45) is 0 Å². The Bertz CT molecular complexity index is 1250. The lowest BCUT2D eigenvalue weighted by atomic mass is 10.2. The van der Waals surface area contributed by atoms with Gasteiger partial charge in [-0.1, -0.05) is 6.92 Å². The van der Waals surface area contributed by atoms with E-state index in [2.05, 4.69) is 19.9 Å². The van der Waals surface area contributed by atoms with Gasteiger partial charge >= 0.3 is 0 Å². The van der Waals surface area contributed by atoms with Crippen LogP contribution in [0.5, 0.6) is 11.5 Å². The number of sulfone groups is 1. The van der Waals surface area contributed by atoms with E-state index in [0.29, 0.717) is 39.6 Å². The minimum absolute atomic E-state index is 0.0342. The molecule has 148 valence electrons. The van der Waals surface area contributed by atoms with Crippen LogP contribution in [-0.2, 0) is 16.4 Å². The lowest BCUT2D eigenvalue weighted by molar-refractivity contribution is 0.276. The van der Waals surface area contributed by atoms with Crippen molar-refractivity contribution < 1.29 is 18.3 Å². The van der Waals surface area contributed by atoms with E-state index in [0.717, 1.165) is 0 Å². The van der Waals surface area contributed by atoms with Gasteiger partial charge in [0.15, 0.2) is 15.7 Å². The Labute approximate surface area is 167 Å². The molecule has 0 amide bonds. The van der Waals surface area contributed by atoms with E-state index in [1.807, 2.05) is 0 Å². The summed E-state index contributed by atoms with van der Waals surface area (Å²) in [7, 11) is -3.27. The first kappa shape index (κ1) is 19.0. The fourth-order valence-corrected chi connectivity index (χ4v) is 3.73. The molecule has 0 aliphatic carbocycles. The fourth-order valence-electron chi connectivity index (χ4n) is 2.85. The van der Waals surface area contributed by atoms with Crippen LogP contribution in [0.4, 0.5) is 0 Å². The first-order valence-electron chi connectivity index (χ1n) is 8.90. The maximum atomic E-state index is 11.9. The van der Waals surface area contributed by atoms with Gasteiger partial charge in [0.25, 0.3) is 0 Å². The molecule has 0 bridgehead atoms. The van der Waals surface area contributed by atoms with E-state index < -0.39 is 9.84 Å². The molecule has 0 aliphatic rings. The lowest BCUT2D eigenvalue weighted by Gasteiger charge is -2.10. The number of aromatic nitrogens is 4. The topological polar surface area (TPSA) is 118 Å². The highest BCUT2D eigenvalue weighted by atomic mass is 32.2. The van der Waals surface area contributed by atoms with Crippen molar-refractivity contribution in [3.8, 4) is 23.0 Å². The van der Waals surface area contributed by atoms with Crippen molar-refractivity contribution >= 4 is 20.9 Å². The molecule has 4 aromatic rings. The average Bonchev–Trinajstić information content (AvgIpc) is 3.17. The van der Waals surface area contributed by atoms with Gasteiger partial charge in [-0.05, 0) is 30.3 Å². The predicted octanol–water partition coefficient (Wildman–Crippen LogP) is 3.10. The number of nitrogens with one attached hydrogen (secondary N) is 1. The quantitative estimate of drug-likeness (QED) is 0.501. The Morgan fingerprint density at radius 2 is 1.93 bits per heavy atom. The summed E-state index contributed by atoms with van der Waals surface area (Å²) < 4.78 is 29.8. The Balaban J connectivity index is 1.68. The van der Waals surface area contributed by atoms with Crippen LogP contribution < -0.4 is 4.74 Å². The molecule has 0 radical (unpaired) electrons. The minimum Gasteiger partial charge on any atom is -0.457 e. The van der Waals surface area contributed by atoms with E-state index in [9.17, 15) is 13.5 Å². The summed E-state index contributed by atoms with van der Waals surface area (Å²) >= 11 is 0. The van der Waals surface area contributed by atoms with Gasteiger partial charge < -0.3 is 14.8 Å². The fraction of sp³-hybridized carbons (Fsp3) is 0.150. The monoisotopic (exact) mass is 410 g/mol. The molecule has 2 heterocycles. The SMILES string of the molecule is CCS(=O)(=O)c1ccc(Oc2cc3[nH]c(-c4cnccn4)nc3cc2CO)cc1. The largest absolute Gasteiger partial charge is 0.457 e. The third kappa shape index (κ3) is 3.82. The maximum Gasteiger partial charge on any atom is 0.178 e. The second kappa shape index (κ2) is 7.61. The van der Waals surface area contributed by atoms with E-state index in [-0.39, 0.29) is 17.3 Å². The number of ether oxygens (including phenoxy) is 1. The summed E-state index contributed by atoms with van der Waals surface area (Å²) in [5, 5.41) is 9.74. The van der Waals surface area contributed by atoms with Crippen molar-refractivity contribution in [3.63, 3.8) is 0 Å². The van der Waals surface area contributed by atoms with Crippen LogP contribution in [0.2, 0.25) is 0 Å². The summed E-state index contributed by atoms with van der Waals surface area (Å²) in [6, 6.07) is 9.67. The molecule has 0 spiro atoms. The van der Waals surface area contributed by atoms with Gasteiger partial charge in [-0.3, -0.25) is 4.98 Å². The zero-order chi connectivity index (χ0) is 20.4. The third-order valence-electron chi connectivity index (χ3n) is 4.43. The molecule has 29 heavy (non-hydrogen) atoms. The minimum atomic E-state index is -3.27. The first-order chi connectivity index (χ1) is 14.0. The standard InChI is InChI=1S/C20H18N4O4S/c1-2-29(26,27)15-5-3-14(4-6-15)28-19-10-17-16(9-13(19)12-25)23-20(24-17)18-11-21-7-8-22-18/h3-11,25H,2,12H2,1H3,(H,23,24). The zero-order valence-corrected chi connectivity index (χ0v) is 16.3.